The Hall–Kier alpha value is 26.2. The first-order valence-electron chi connectivity index (χ1n) is 0. The summed E-state index contributed by atoms with van der Waals surface area (Å²) in [5, 5.41) is 0. The normalized spacial score (nSPS) is 0. The van der Waals surface area contributed by atoms with E-state index in [2.05, 4.69) is 0 Å². The molecular weight excluding hydrogens is 626 g/mol. The first-order chi connectivity index (χ1) is 0. The molecule has 0 aliphatic heterocycles. The average molecular weight is 642 g/mol. The van der Waals surface area contributed by atoms with Crippen molar-refractivity contribution in [1.82, 2.24) is 0 Å². The molecule has 0 radical (unpaired) electrons. The number of hydrogen-bond donors (Lipinski definition) is 0. The topological polar surface area (TPSA) is 0 Å². The van der Waals surface area contributed by atoms with E-state index in [1.165, 1.54) is 0 Å². The predicted molar refractivity (Wildman–Crippen MR) is 17.8 cm³/mol. The number of rotatable bonds is 0. The van der Waals surface area contributed by atoms with Crippen LogP contribution in [0.25, 0.3) is 0 Å². The maximum absolute atomic E-state index is 0. The van der Waals surface area contributed by atoms with Gasteiger partial charge in [-0.1, -0.05) is 0 Å². The standard InChI is InChI=1S/16K.16H/q16*+1;16*-1. The molecule has 0 saturated carbocycles. The van der Waals surface area contributed by atoms with Crippen molar-refractivity contribution in [3.05, 3.63) is 0 Å². The maximum Gasteiger partial charge on any atom is 1.00 e. The summed E-state index contributed by atoms with van der Waals surface area (Å²) < 4.78 is 0. The van der Waals surface area contributed by atoms with E-state index < -0.39 is 0 Å². The smallest absolute Gasteiger partial charge is 1.00 e. The molecule has 0 heterocycles. The molecule has 0 N–H and O–H groups in total. The summed E-state index contributed by atoms with van der Waals surface area (Å²) >= 11 is 0. The van der Waals surface area contributed by atoms with Gasteiger partial charge in [-0.25, -0.2) is 0 Å². The zero-order valence-corrected chi connectivity index (χ0v) is 66.0. The average Bonchev–Trinajstić information content (AvgIpc) is 0. The third-order valence-corrected chi connectivity index (χ3v) is 0. The summed E-state index contributed by atoms with van der Waals surface area (Å²) in [4.78, 5) is 0. The molecule has 0 nitrogen and oxygen atoms in total. The SMILES string of the molecule is [H-].[H-].[H-].[H-].[H-].[H-].[H-].[H-].[H-].[H-].[H-].[H-].[H-].[H-].[H-].[H-].[K+].[K+].[K+].[K+].[K+].[K+].[K+].[K+].[K+].[K+].[K+].[K+].[K+].[K+].[K+].[K+]. The van der Waals surface area contributed by atoms with E-state index in [1.807, 2.05) is 0 Å². The van der Waals surface area contributed by atoms with Crippen molar-refractivity contribution >= 4 is 0 Å². The van der Waals surface area contributed by atoms with Gasteiger partial charge in [0.1, 0.15) is 0 Å². The van der Waals surface area contributed by atoms with Crippen LogP contribution in [-0.2, 0) is 0 Å². The van der Waals surface area contributed by atoms with E-state index in [4.69, 9.17) is 0 Å². The molecule has 16 heteroatoms. The monoisotopic (exact) mass is 640 g/mol. The van der Waals surface area contributed by atoms with Crippen molar-refractivity contribution in [3.8, 4) is 0 Å². The van der Waals surface area contributed by atoms with Gasteiger partial charge in [0.15, 0.2) is 0 Å². The Morgan fingerprint density at radius 1 is 0.125 bits per heavy atom. The van der Waals surface area contributed by atoms with Gasteiger partial charge in [-0.2, -0.15) is 0 Å². The molecule has 0 aromatic heterocycles. The van der Waals surface area contributed by atoms with Gasteiger partial charge in [0.2, 0.25) is 0 Å². The first kappa shape index (κ1) is 104. The van der Waals surface area contributed by atoms with E-state index in [0.29, 0.717) is 0 Å². The fourth-order valence-corrected chi connectivity index (χ4v) is 0. The van der Waals surface area contributed by atoms with Crippen molar-refractivity contribution in [3.63, 3.8) is 0 Å². The van der Waals surface area contributed by atoms with Gasteiger partial charge in [0, 0.05) is 0 Å². The van der Waals surface area contributed by atoms with Crippen molar-refractivity contribution in [2.75, 3.05) is 0 Å². The second kappa shape index (κ2) is 97.0. The van der Waals surface area contributed by atoms with Crippen LogP contribution in [0.5, 0.6) is 0 Å². The minimum Gasteiger partial charge on any atom is -1.00 e. The van der Waals surface area contributed by atoms with E-state index in [9.17, 15) is 0 Å². The van der Waals surface area contributed by atoms with Crippen molar-refractivity contribution in [1.29, 1.82) is 0 Å². The fraction of sp³-hybridized carbons (Fsp3) is 0. The van der Waals surface area contributed by atoms with Crippen molar-refractivity contribution in [2.24, 2.45) is 0 Å². The van der Waals surface area contributed by atoms with Crippen LogP contribution in [0.15, 0.2) is 0 Å². The molecule has 0 fully saturated rings. The molecule has 0 aromatic carbocycles. The third kappa shape index (κ3) is 90.0. The second-order valence-electron chi connectivity index (χ2n) is 0. The van der Waals surface area contributed by atoms with E-state index in [-0.39, 0.29) is 845 Å². The van der Waals surface area contributed by atoms with Crippen LogP contribution < -0.4 is 822 Å². The molecule has 0 aliphatic carbocycles. The van der Waals surface area contributed by atoms with Gasteiger partial charge in [-0.15, -0.1) is 0 Å². The zero-order valence-electron chi connectivity index (χ0n) is 32.0. The van der Waals surface area contributed by atoms with Crippen LogP contribution in [0.4, 0.5) is 0 Å². The predicted octanol–water partition coefficient (Wildman–Crippen LogP) is -46.1. The summed E-state index contributed by atoms with van der Waals surface area (Å²) in [6, 6.07) is 0. The number of hydrogen-bond acceptors (Lipinski definition) is 0. The molecule has 0 spiro atoms. The summed E-state index contributed by atoms with van der Waals surface area (Å²) in [6.07, 6.45) is 0. The summed E-state index contributed by atoms with van der Waals surface area (Å²) in [7, 11) is 0. The van der Waals surface area contributed by atoms with Crippen LogP contribution in [-0.4, -0.2) is 0 Å². The van der Waals surface area contributed by atoms with E-state index in [0.717, 1.165) is 0 Å². The van der Waals surface area contributed by atoms with Gasteiger partial charge in [-0.3, -0.25) is 0 Å². The van der Waals surface area contributed by atoms with Gasteiger partial charge in [-0.05, 0) is 0 Å². The van der Waals surface area contributed by atoms with Crippen LogP contribution in [0.2, 0.25) is 0 Å². The Bertz CT molecular complexity index is 32.0. The van der Waals surface area contributed by atoms with Gasteiger partial charge >= 0.3 is 822 Å². The summed E-state index contributed by atoms with van der Waals surface area (Å²) in [5.41, 5.74) is 0. The van der Waals surface area contributed by atoms with Crippen LogP contribution in [0, 0.1) is 0 Å². The molecule has 0 aliphatic rings. The Balaban J connectivity index is 0. The quantitative estimate of drug-likeness (QED) is 0.231. The van der Waals surface area contributed by atoms with E-state index in [1.54, 1.807) is 0 Å². The van der Waals surface area contributed by atoms with Gasteiger partial charge in [0.05, 0.1) is 0 Å². The Morgan fingerprint density at radius 3 is 0.125 bits per heavy atom. The summed E-state index contributed by atoms with van der Waals surface area (Å²) in [5.74, 6) is 0. The molecule has 0 amide bonds. The van der Waals surface area contributed by atoms with Crippen molar-refractivity contribution in [2.45, 2.75) is 0 Å². The Kier molecular flexibility index (Phi) is 633. The van der Waals surface area contributed by atoms with Crippen LogP contribution in [0.3, 0.4) is 0 Å². The largest absolute Gasteiger partial charge is 1.00 e. The second-order valence-corrected chi connectivity index (χ2v) is 0. The van der Waals surface area contributed by atoms with Crippen LogP contribution >= 0.6 is 0 Å². The molecule has 0 saturated heterocycles. The van der Waals surface area contributed by atoms with Crippen LogP contribution in [0.1, 0.15) is 22.8 Å². The minimum atomic E-state index is 0. The summed E-state index contributed by atoms with van der Waals surface area (Å²) in [6.45, 7) is 0. The molecule has 0 unspecified atom stereocenters. The molecule has 32 valence electrons. The van der Waals surface area contributed by atoms with Gasteiger partial charge < -0.3 is 22.8 Å². The minimum absolute atomic E-state index is 0. The molecule has 0 rings (SSSR count). The van der Waals surface area contributed by atoms with Crippen molar-refractivity contribution < 1.29 is 845 Å². The molecule has 0 bridgehead atoms. The first-order valence-corrected chi connectivity index (χ1v) is 0. The molecule has 0 aromatic rings. The van der Waals surface area contributed by atoms with Gasteiger partial charge in [0.25, 0.3) is 0 Å². The Morgan fingerprint density at radius 2 is 0.125 bits per heavy atom. The molecule has 0 atom stereocenters. The molecule has 16 heavy (non-hydrogen) atoms. The Labute approximate surface area is 808 Å². The zero-order chi connectivity index (χ0) is 0. The molecular formula is H16K16. The fourth-order valence-electron chi connectivity index (χ4n) is 0. The third-order valence-electron chi connectivity index (χ3n) is 0. The van der Waals surface area contributed by atoms with E-state index >= 15 is 0 Å². The maximum atomic E-state index is 0.